The second kappa shape index (κ2) is 15.6. The van der Waals surface area contributed by atoms with Crippen LogP contribution in [-0.4, -0.2) is 83.3 Å². The number of hydrogen-bond donors (Lipinski definition) is 2. The van der Waals surface area contributed by atoms with Crippen LogP contribution in [0.3, 0.4) is 0 Å². The van der Waals surface area contributed by atoms with Crippen molar-refractivity contribution in [2.75, 3.05) is 45.0 Å². The first kappa shape index (κ1) is 32.1. The average Bonchev–Trinajstić information content (AvgIpc) is 3.64. The number of carbonyl (C=O) groups is 2. The summed E-state index contributed by atoms with van der Waals surface area (Å²) in [6.45, 7) is 12.7. The Hall–Kier alpha value is -3.40. The smallest absolute Gasteiger partial charge is 0.407 e. The maximum atomic E-state index is 13.3. The SMILES string of the molecule is C#CCOCCOCCOCCn1nccc1C(=O)Nc1cc([C@@H]2CC[C@H](OC(=O)NC(C)C)C2)nn1C(C)(C)C. The normalized spacial score (nSPS) is 17.0. The minimum absolute atomic E-state index is 0.0210. The molecule has 0 bridgehead atoms. The number of aromatic nitrogens is 4. The Morgan fingerprint density at radius 3 is 2.51 bits per heavy atom. The van der Waals surface area contributed by atoms with Gasteiger partial charge in [0.15, 0.2) is 0 Å². The van der Waals surface area contributed by atoms with E-state index in [1.54, 1.807) is 16.9 Å². The molecular formula is C29H44N6O6. The maximum absolute atomic E-state index is 13.3. The van der Waals surface area contributed by atoms with Gasteiger partial charge < -0.3 is 29.6 Å². The quantitative estimate of drug-likeness (QED) is 0.245. The monoisotopic (exact) mass is 572 g/mol. The first-order valence-electron chi connectivity index (χ1n) is 14.2. The van der Waals surface area contributed by atoms with E-state index >= 15 is 0 Å². The van der Waals surface area contributed by atoms with Gasteiger partial charge in [0.05, 0.1) is 50.8 Å². The lowest BCUT2D eigenvalue weighted by Gasteiger charge is -2.22. The molecule has 1 fully saturated rings. The summed E-state index contributed by atoms with van der Waals surface area (Å²) in [5.74, 6) is 2.85. The molecule has 2 heterocycles. The van der Waals surface area contributed by atoms with Gasteiger partial charge in [0, 0.05) is 24.2 Å². The molecule has 1 saturated carbocycles. The Labute approximate surface area is 242 Å². The minimum atomic E-state index is -0.392. The van der Waals surface area contributed by atoms with Gasteiger partial charge >= 0.3 is 6.09 Å². The van der Waals surface area contributed by atoms with Crippen molar-refractivity contribution in [1.29, 1.82) is 0 Å². The molecule has 0 aromatic carbocycles. The number of amides is 2. The summed E-state index contributed by atoms with van der Waals surface area (Å²) in [7, 11) is 0. The second-order valence-electron chi connectivity index (χ2n) is 11.2. The molecule has 2 N–H and O–H groups in total. The molecule has 0 saturated heterocycles. The fraction of sp³-hybridized carbons (Fsp3) is 0.655. The van der Waals surface area contributed by atoms with E-state index in [9.17, 15) is 9.59 Å². The van der Waals surface area contributed by atoms with Crippen molar-refractivity contribution in [3.05, 3.63) is 29.7 Å². The van der Waals surface area contributed by atoms with Gasteiger partial charge in [-0.1, -0.05) is 5.92 Å². The van der Waals surface area contributed by atoms with Crippen molar-refractivity contribution in [2.45, 2.75) is 84.0 Å². The second-order valence-corrected chi connectivity index (χ2v) is 11.2. The standard InChI is InChI=1S/C29H44N6O6/c1-7-13-38-15-17-40-18-16-39-14-12-34-25(10-11-30-34)27(36)32-26-20-24(33-35(26)29(4,5)6)22-8-9-23(19-22)41-28(37)31-21(2)3/h1,10-11,20-23H,8-9,12-19H2,2-6H3,(H,31,37)(H,32,36)/t22-,23+/m1/s1. The number of hydrogen-bond acceptors (Lipinski definition) is 8. The zero-order chi connectivity index (χ0) is 29.8. The lowest BCUT2D eigenvalue weighted by atomic mass is 10.0. The van der Waals surface area contributed by atoms with Gasteiger partial charge in [0.2, 0.25) is 0 Å². The molecule has 1 aliphatic rings. The Bertz CT molecular complexity index is 1160. The summed E-state index contributed by atoms with van der Waals surface area (Å²) in [6, 6.07) is 3.62. The van der Waals surface area contributed by atoms with Crippen LogP contribution in [0.15, 0.2) is 18.3 Å². The number of ether oxygens (including phenoxy) is 4. The van der Waals surface area contributed by atoms with Crippen LogP contribution in [0, 0.1) is 12.3 Å². The van der Waals surface area contributed by atoms with Crippen molar-refractivity contribution in [1.82, 2.24) is 24.9 Å². The number of nitrogens with zero attached hydrogens (tertiary/aromatic N) is 4. The molecule has 0 radical (unpaired) electrons. The highest BCUT2D eigenvalue weighted by molar-refractivity contribution is 6.02. The summed E-state index contributed by atoms with van der Waals surface area (Å²) in [4.78, 5) is 25.3. The Morgan fingerprint density at radius 2 is 1.83 bits per heavy atom. The molecule has 2 aromatic rings. The summed E-state index contributed by atoms with van der Waals surface area (Å²) >= 11 is 0. The molecule has 41 heavy (non-hydrogen) atoms. The van der Waals surface area contributed by atoms with Gasteiger partial charge in [-0.2, -0.15) is 10.2 Å². The van der Waals surface area contributed by atoms with E-state index in [1.807, 2.05) is 45.4 Å². The molecule has 226 valence electrons. The van der Waals surface area contributed by atoms with Crippen molar-refractivity contribution in [2.24, 2.45) is 0 Å². The van der Waals surface area contributed by atoms with E-state index in [0.29, 0.717) is 57.5 Å². The van der Waals surface area contributed by atoms with Gasteiger partial charge in [-0.15, -0.1) is 6.42 Å². The molecule has 2 amide bonds. The fourth-order valence-electron chi connectivity index (χ4n) is 4.54. The molecule has 0 aliphatic heterocycles. The largest absolute Gasteiger partial charge is 0.446 e. The summed E-state index contributed by atoms with van der Waals surface area (Å²) in [5, 5.41) is 14.9. The van der Waals surface area contributed by atoms with Crippen LogP contribution in [0.5, 0.6) is 0 Å². The van der Waals surface area contributed by atoms with Gasteiger partial charge in [0.25, 0.3) is 5.91 Å². The molecule has 12 nitrogen and oxygen atoms in total. The maximum Gasteiger partial charge on any atom is 0.407 e. The number of carbonyl (C=O) groups excluding carboxylic acids is 2. The van der Waals surface area contributed by atoms with Crippen LogP contribution < -0.4 is 10.6 Å². The van der Waals surface area contributed by atoms with Crippen molar-refractivity contribution in [3.8, 4) is 12.3 Å². The van der Waals surface area contributed by atoms with Crippen LogP contribution in [0.4, 0.5) is 10.6 Å². The van der Waals surface area contributed by atoms with Gasteiger partial charge in [-0.25, -0.2) is 9.48 Å². The molecule has 0 spiro atoms. The summed E-state index contributed by atoms with van der Waals surface area (Å²) in [6.07, 6.45) is 8.48. The van der Waals surface area contributed by atoms with Gasteiger partial charge in [0.1, 0.15) is 24.2 Å². The highest BCUT2D eigenvalue weighted by atomic mass is 16.6. The molecule has 2 atom stereocenters. The lowest BCUT2D eigenvalue weighted by Crippen LogP contribution is -2.33. The van der Waals surface area contributed by atoms with E-state index < -0.39 is 6.09 Å². The number of nitrogens with one attached hydrogen (secondary N) is 2. The third kappa shape index (κ3) is 10.2. The number of rotatable bonds is 15. The van der Waals surface area contributed by atoms with Crippen molar-refractivity contribution >= 4 is 17.8 Å². The van der Waals surface area contributed by atoms with E-state index in [-0.39, 0.29) is 36.1 Å². The lowest BCUT2D eigenvalue weighted by molar-refractivity contribution is 0.0181. The Morgan fingerprint density at radius 1 is 1.12 bits per heavy atom. The third-order valence-electron chi connectivity index (χ3n) is 6.41. The fourth-order valence-corrected chi connectivity index (χ4v) is 4.54. The predicted octanol–water partition coefficient (Wildman–Crippen LogP) is 3.54. The number of alkyl carbamates (subject to hydrolysis) is 1. The van der Waals surface area contributed by atoms with Crippen molar-refractivity contribution < 1.29 is 28.5 Å². The average molecular weight is 573 g/mol. The van der Waals surface area contributed by atoms with Crippen LogP contribution >= 0.6 is 0 Å². The van der Waals surface area contributed by atoms with Crippen molar-refractivity contribution in [3.63, 3.8) is 0 Å². The highest BCUT2D eigenvalue weighted by Gasteiger charge is 2.32. The van der Waals surface area contributed by atoms with E-state index in [0.717, 1.165) is 18.5 Å². The molecule has 3 rings (SSSR count). The molecule has 2 aromatic heterocycles. The van der Waals surface area contributed by atoms with Gasteiger partial charge in [-0.05, 0) is 59.9 Å². The molecular weight excluding hydrogens is 528 g/mol. The van der Waals surface area contributed by atoms with Crippen LogP contribution in [0.25, 0.3) is 0 Å². The van der Waals surface area contributed by atoms with Crippen LogP contribution in [0.2, 0.25) is 0 Å². The molecule has 0 unspecified atom stereocenters. The topological polar surface area (TPSA) is 131 Å². The third-order valence-corrected chi connectivity index (χ3v) is 6.41. The molecule has 1 aliphatic carbocycles. The van der Waals surface area contributed by atoms with E-state index in [1.165, 1.54) is 0 Å². The first-order chi connectivity index (χ1) is 19.6. The Kier molecular flexibility index (Phi) is 12.2. The van der Waals surface area contributed by atoms with E-state index in [2.05, 4.69) is 21.7 Å². The van der Waals surface area contributed by atoms with E-state index in [4.69, 9.17) is 30.5 Å². The first-order valence-corrected chi connectivity index (χ1v) is 14.2. The predicted molar refractivity (Wildman–Crippen MR) is 154 cm³/mol. The Balaban J connectivity index is 1.54. The van der Waals surface area contributed by atoms with Gasteiger partial charge in [-0.3, -0.25) is 9.48 Å². The zero-order valence-corrected chi connectivity index (χ0v) is 24.9. The summed E-state index contributed by atoms with van der Waals surface area (Å²) < 4.78 is 25.2. The zero-order valence-electron chi connectivity index (χ0n) is 24.9. The van der Waals surface area contributed by atoms with Crippen LogP contribution in [0.1, 0.15) is 76.0 Å². The minimum Gasteiger partial charge on any atom is -0.446 e. The molecule has 12 heteroatoms. The van der Waals surface area contributed by atoms with Crippen LogP contribution in [-0.2, 0) is 31.0 Å². The highest BCUT2D eigenvalue weighted by Crippen LogP contribution is 2.37. The summed E-state index contributed by atoms with van der Waals surface area (Å²) in [5.41, 5.74) is 0.928. The number of terminal acetylenes is 1. The number of anilines is 1.